The van der Waals surface area contributed by atoms with Gasteiger partial charge in [-0.1, -0.05) is 0 Å². The second-order valence-electron chi connectivity index (χ2n) is 7.04. The Bertz CT molecular complexity index is 1200. The maximum Gasteiger partial charge on any atom is 0.161 e. The highest BCUT2D eigenvalue weighted by Crippen LogP contribution is 2.34. The van der Waals surface area contributed by atoms with Crippen LogP contribution in [0, 0.1) is 11.3 Å². The molecule has 0 saturated carbocycles. The summed E-state index contributed by atoms with van der Waals surface area (Å²) in [6.07, 6.45) is 5.04. The molecule has 6 heteroatoms. The van der Waals surface area contributed by atoms with Crippen LogP contribution >= 0.6 is 0 Å². The van der Waals surface area contributed by atoms with Crippen LogP contribution < -0.4 is 10.2 Å². The van der Waals surface area contributed by atoms with Crippen LogP contribution in [0.1, 0.15) is 5.56 Å². The summed E-state index contributed by atoms with van der Waals surface area (Å²) in [7, 11) is 0. The topological polar surface area (TPSA) is 78.0 Å². The van der Waals surface area contributed by atoms with E-state index in [1.54, 1.807) is 18.6 Å². The van der Waals surface area contributed by atoms with E-state index in [1.165, 1.54) is 5.69 Å². The number of rotatable bonds is 3. The van der Waals surface area contributed by atoms with Crippen molar-refractivity contribution in [3.63, 3.8) is 0 Å². The Morgan fingerprint density at radius 3 is 2.62 bits per heavy atom. The van der Waals surface area contributed by atoms with Crippen molar-refractivity contribution in [3.8, 4) is 28.5 Å². The number of hydrogen-bond acceptors (Lipinski definition) is 6. The number of hydrogen-bond donors (Lipinski definition) is 1. The molecule has 4 heterocycles. The van der Waals surface area contributed by atoms with Gasteiger partial charge in [0.1, 0.15) is 17.3 Å². The van der Waals surface area contributed by atoms with Crippen molar-refractivity contribution in [1.29, 1.82) is 5.26 Å². The first kappa shape index (κ1) is 17.4. The molecule has 1 saturated heterocycles. The maximum absolute atomic E-state index is 9.16. The smallest absolute Gasteiger partial charge is 0.161 e. The van der Waals surface area contributed by atoms with Crippen LogP contribution in [0.4, 0.5) is 5.69 Å². The molecule has 0 aliphatic carbocycles. The highest BCUT2D eigenvalue weighted by Gasteiger charge is 2.14. The summed E-state index contributed by atoms with van der Waals surface area (Å²) in [5.41, 5.74) is 5.95. The lowest BCUT2D eigenvalue weighted by atomic mass is 10.1. The zero-order valence-electron chi connectivity index (χ0n) is 15.8. The summed E-state index contributed by atoms with van der Waals surface area (Å²) in [4.78, 5) is 11.0. The summed E-state index contributed by atoms with van der Waals surface area (Å²) in [5.74, 6) is 0.774. The molecular weight excluding hydrogens is 362 g/mol. The van der Waals surface area contributed by atoms with E-state index in [0.29, 0.717) is 11.1 Å². The van der Waals surface area contributed by atoms with E-state index in [2.05, 4.69) is 50.5 Å². The number of nitrogens with one attached hydrogen (secondary N) is 1. The minimum atomic E-state index is 0.516. The van der Waals surface area contributed by atoms with Crippen molar-refractivity contribution in [1.82, 2.24) is 15.3 Å². The maximum atomic E-state index is 9.16. The van der Waals surface area contributed by atoms with Gasteiger partial charge in [0, 0.05) is 73.2 Å². The molecule has 0 spiro atoms. The Hall–Kier alpha value is -3.69. The third-order valence-corrected chi connectivity index (χ3v) is 5.22. The lowest BCUT2D eigenvalue weighted by Gasteiger charge is -2.29. The first-order valence-electron chi connectivity index (χ1n) is 9.62. The molecule has 4 aromatic rings. The number of furan rings is 1. The van der Waals surface area contributed by atoms with Crippen LogP contribution in [0.3, 0.4) is 0 Å². The van der Waals surface area contributed by atoms with E-state index in [0.717, 1.165) is 54.1 Å². The predicted octanol–water partition coefficient (Wildman–Crippen LogP) is 3.84. The number of benzene rings is 1. The molecule has 1 aliphatic heterocycles. The first-order chi connectivity index (χ1) is 14.3. The normalized spacial score (nSPS) is 14.1. The molecule has 0 bridgehead atoms. The van der Waals surface area contributed by atoms with Crippen molar-refractivity contribution >= 4 is 16.8 Å². The highest BCUT2D eigenvalue weighted by atomic mass is 16.3. The Kier molecular flexibility index (Phi) is 4.43. The van der Waals surface area contributed by atoms with Gasteiger partial charge in [-0.25, -0.2) is 0 Å². The van der Waals surface area contributed by atoms with Gasteiger partial charge in [-0.05, 0) is 36.4 Å². The number of nitriles is 1. The van der Waals surface area contributed by atoms with Crippen LogP contribution in [0.25, 0.3) is 33.6 Å². The van der Waals surface area contributed by atoms with E-state index >= 15 is 0 Å². The number of nitrogens with zero attached hydrogens (tertiary/aromatic N) is 4. The number of anilines is 1. The second kappa shape index (κ2) is 7.38. The fourth-order valence-electron chi connectivity index (χ4n) is 3.72. The molecular formula is C23H19N5O. The first-order valence-corrected chi connectivity index (χ1v) is 9.62. The average molecular weight is 381 g/mol. The third-order valence-electron chi connectivity index (χ3n) is 5.22. The molecule has 1 fully saturated rings. The van der Waals surface area contributed by atoms with Crippen molar-refractivity contribution in [2.75, 3.05) is 31.1 Å². The summed E-state index contributed by atoms with van der Waals surface area (Å²) in [6, 6.07) is 16.3. The molecule has 5 rings (SSSR count). The molecule has 0 atom stereocenters. The molecule has 29 heavy (non-hydrogen) atoms. The fraction of sp³-hybridized carbons (Fsp3) is 0.174. The Labute approximate surface area is 168 Å². The van der Waals surface area contributed by atoms with Gasteiger partial charge in [0.05, 0.1) is 5.56 Å². The fourth-order valence-corrected chi connectivity index (χ4v) is 3.72. The summed E-state index contributed by atoms with van der Waals surface area (Å²) < 4.78 is 6.20. The number of pyridine rings is 2. The van der Waals surface area contributed by atoms with Gasteiger partial charge < -0.3 is 14.6 Å². The van der Waals surface area contributed by atoms with E-state index < -0.39 is 0 Å². The molecule has 6 nitrogen and oxygen atoms in total. The van der Waals surface area contributed by atoms with Gasteiger partial charge >= 0.3 is 0 Å². The second-order valence-corrected chi connectivity index (χ2v) is 7.04. The Morgan fingerprint density at radius 1 is 1.00 bits per heavy atom. The minimum Gasteiger partial charge on any atom is -0.454 e. The van der Waals surface area contributed by atoms with E-state index in [-0.39, 0.29) is 0 Å². The van der Waals surface area contributed by atoms with E-state index in [9.17, 15) is 0 Å². The number of fused-ring (bicyclic) bond motifs is 1. The van der Waals surface area contributed by atoms with Gasteiger partial charge in [0.2, 0.25) is 0 Å². The predicted molar refractivity (Wildman–Crippen MR) is 112 cm³/mol. The molecule has 1 aliphatic rings. The van der Waals surface area contributed by atoms with Gasteiger partial charge in [0.15, 0.2) is 5.58 Å². The van der Waals surface area contributed by atoms with Crippen molar-refractivity contribution in [2.45, 2.75) is 0 Å². The zero-order valence-corrected chi connectivity index (χ0v) is 15.8. The van der Waals surface area contributed by atoms with Crippen LogP contribution in [0.15, 0.2) is 65.5 Å². The molecule has 0 unspecified atom stereocenters. The van der Waals surface area contributed by atoms with Crippen molar-refractivity contribution in [2.24, 2.45) is 0 Å². The lowest BCUT2D eigenvalue weighted by molar-refractivity contribution is 0.589. The number of aromatic nitrogens is 2. The quantitative estimate of drug-likeness (QED) is 0.581. The summed E-state index contributed by atoms with van der Waals surface area (Å²) >= 11 is 0. The molecule has 1 aromatic carbocycles. The summed E-state index contributed by atoms with van der Waals surface area (Å²) in [5, 5.41) is 12.5. The molecule has 0 radical (unpaired) electrons. The van der Waals surface area contributed by atoms with Crippen molar-refractivity contribution < 1.29 is 4.42 Å². The monoisotopic (exact) mass is 381 g/mol. The van der Waals surface area contributed by atoms with Gasteiger partial charge in [-0.15, -0.1) is 0 Å². The highest BCUT2D eigenvalue weighted by molar-refractivity contribution is 5.92. The van der Waals surface area contributed by atoms with Crippen molar-refractivity contribution in [3.05, 3.63) is 66.6 Å². The SMILES string of the molecule is N#Cc1cncc(-c2ccnc3cc(-c4ccc(N5CCNCC5)cc4)oc23)c1. The molecule has 1 N–H and O–H groups in total. The van der Waals surface area contributed by atoms with Crippen LogP contribution in [-0.4, -0.2) is 36.1 Å². The third kappa shape index (κ3) is 3.33. The minimum absolute atomic E-state index is 0.516. The Morgan fingerprint density at radius 2 is 1.83 bits per heavy atom. The van der Waals surface area contributed by atoms with Gasteiger partial charge in [-0.2, -0.15) is 5.26 Å². The molecule has 3 aromatic heterocycles. The average Bonchev–Trinajstić information content (AvgIpc) is 3.24. The van der Waals surface area contributed by atoms with Gasteiger partial charge in [-0.3, -0.25) is 9.97 Å². The van der Waals surface area contributed by atoms with Crippen LogP contribution in [0.5, 0.6) is 0 Å². The lowest BCUT2D eigenvalue weighted by Crippen LogP contribution is -2.43. The standard InChI is InChI=1S/C23H19N5O/c24-13-16-11-18(15-26-14-16)20-5-6-27-21-12-22(29-23(20)21)17-1-3-19(4-2-17)28-9-7-25-8-10-28/h1-6,11-12,14-15,25H,7-10H2. The molecule has 0 amide bonds. The van der Waals surface area contributed by atoms with E-state index in [1.807, 2.05) is 18.2 Å². The van der Waals surface area contributed by atoms with Crippen LogP contribution in [0.2, 0.25) is 0 Å². The van der Waals surface area contributed by atoms with E-state index in [4.69, 9.17) is 9.68 Å². The molecule has 142 valence electrons. The van der Waals surface area contributed by atoms with Gasteiger partial charge in [0.25, 0.3) is 0 Å². The Balaban J connectivity index is 1.51. The number of piperazine rings is 1. The summed E-state index contributed by atoms with van der Waals surface area (Å²) in [6.45, 7) is 4.07. The zero-order chi connectivity index (χ0) is 19.6. The van der Waals surface area contributed by atoms with Crippen LogP contribution in [-0.2, 0) is 0 Å². The largest absolute Gasteiger partial charge is 0.454 e.